The van der Waals surface area contributed by atoms with E-state index in [1.165, 1.54) is 0 Å². The van der Waals surface area contributed by atoms with Gasteiger partial charge in [0.1, 0.15) is 5.75 Å². The molecule has 2 aromatic carbocycles. The van der Waals surface area contributed by atoms with Crippen molar-refractivity contribution in [1.82, 2.24) is 14.9 Å². The van der Waals surface area contributed by atoms with Crippen molar-refractivity contribution in [1.29, 1.82) is 0 Å². The molecule has 8 heteroatoms. The van der Waals surface area contributed by atoms with Gasteiger partial charge in [-0.3, -0.25) is 4.98 Å². The van der Waals surface area contributed by atoms with Crippen molar-refractivity contribution in [2.24, 2.45) is 0 Å². The highest BCUT2D eigenvalue weighted by atomic mass is 79.9. The molecule has 172 valence electrons. The number of aromatic nitrogens is 2. The first-order valence-electron chi connectivity index (χ1n) is 10.8. The Balaban J connectivity index is 1.70. The first-order valence-corrected chi connectivity index (χ1v) is 12.4. The smallest absolute Gasteiger partial charge is 0.174 e. The number of halogens is 2. The molecule has 1 saturated heterocycles. The van der Waals surface area contributed by atoms with Crippen molar-refractivity contribution in [2.45, 2.75) is 25.9 Å². The van der Waals surface area contributed by atoms with Gasteiger partial charge in [-0.1, -0.05) is 33.6 Å². The lowest BCUT2D eigenvalue weighted by Crippen LogP contribution is -2.29. The van der Waals surface area contributed by atoms with E-state index < -0.39 is 0 Å². The molecule has 0 radical (unpaired) electrons. The number of hydrogen-bond donors (Lipinski definition) is 2. The molecule has 4 aromatic rings. The molecule has 0 aliphatic carbocycles. The van der Waals surface area contributed by atoms with Gasteiger partial charge in [-0.05, 0) is 92.3 Å². The van der Waals surface area contributed by atoms with Gasteiger partial charge < -0.3 is 19.9 Å². The SMILES string of the molecule is Cc1cc([C@H]2[C@@H](c3ccccn3)NC(=S)N2c2ccc(Br)cc2)c(C)n1-c1cc(Cl)ccc1O. The number of aryl methyl sites for hydroxylation is 1. The van der Waals surface area contributed by atoms with Gasteiger partial charge in [0.25, 0.3) is 0 Å². The van der Waals surface area contributed by atoms with Crippen molar-refractivity contribution in [2.75, 3.05) is 4.90 Å². The van der Waals surface area contributed by atoms with E-state index in [2.05, 4.69) is 44.1 Å². The quantitative estimate of drug-likeness (QED) is 0.273. The number of benzene rings is 2. The molecule has 0 bridgehead atoms. The predicted octanol–water partition coefficient (Wildman–Crippen LogP) is 6.79. The summed E-state index contributed by atoms with van der Waals surface area (Å²) >= 11 is 15.6. The summed E-state index contributed by atoms with van der Waals surface area (Å²) in [6, 6.07) is 21.0. The van der Waals surface area contributed by atoms with E-state index in [0.717, 1.165) is 32.8 Å². The molecule has 0 amide bonds. The topological polar surface area (TPSA) is 53.3 Å². The number of aromatic hydroxyl groups is 1. The minimum Gasteiger partial charge on any atom is -0.506 e. The summed E-state index contributed by atoms with van der Waals surface area (Å²) in [6.07, 6.45) is 1.80. The van der Waals surface area contributed by atoms with Crippen LogP contribution in [-0.2, 0) is 0 Å². The summed E-state index contributed by atoms with van der Waals surface area (Å²) in [5.74, 6) is 0.170. The van der Waals surface area contributed by atoms with E-state index in [4.69, 9.17) is 23.8 Å². The third-order valence-corrected chi connectivity index (χ3v) is 7.25. The monoisotopic (exact) mass is 552 g/mol. The van der Waals surface area contributed by atoms with Crippen LogP contribution in [0.25, 0.3) is 5.69 Å². The van der Waals surface area contributed by atoms with Crippen LogP contribution >= 0.6 is 39.7 Å². The molecule has 1 aliphatic rings. The number of rotatable bonds is 4. The van der Waals surface area contributed by atoms with E-state index in [0.29, 0.717) is 15.8 Å². The zero-order valence-electron chi connectivity index (χ0n) is 18.5. The molecular weight excluding hydrogens is 532 g/mol. The molecule has 2 atom stereocenters. The van der Waals surface area contributed by atoms with Crippen LogP contribution in [0.15, 0.2) is 77.4 Å². The Kier molecular flexibility index (Phi) is 6.10. The van der Waals surface area contributed by atoms with Crippen molar-refractivity contribution >= 4 is 50.5 Å². The van der Waals surface area contributed by atoms with Crippen LogP contribution in [0.3, 0.4) is 0 Å². The van der Waals surface area contributed by atoms with Crippen LogP contribution in [0.4, 0.5) is 5.69 Å². The highest BCUT2D eigenvalue weighted by Gasteiger charge is 2.42. The summed E-state index contributed by atoms with van der Waals surface area (Å²) in [5, 5.41) is 15.3. The van der Waals surface area contributed by atoms with Gasteiger partial charge in [0.2, 0.25) is 0 Å². The molecular formula is C26H22BrClN4OS. The van der Waals surface area contributed by atoms with Gasteiger partial charge in [0.15, 0.2) is 5.11 Å². The second-order valence-electron chi connectivity index (χ2n) is 8.27. The van der Waals surface area contributed by atoms with E-state index in [1.54, 1.807) is 24.4 Å². The van der Waals surface area contributed by atoms with Crippen molar-refractivity contribution < 1.29 is 5.11 Å². The second-order valence-corrected chi connectivity index (χ2v) is 10.0. The first-order chi connectivity index (χ1) is 16.3. The average Bonchev–Trinajstić information content (AvgIpc) is 3.32. The third kappa shape index (κ3) is 3.98. The summed E-state index contributed by atoms with van der Waals surface area (Å²) < 4.78 is 3.04. The third-order valence-electron chi connectivity index (χ3n) is 6.17. The summed E-state index contributed by atoms with van der Waals surface area (Å²) in [7, 11) is 0. The summed E-state index contributed by atoms with van der Waals surface area (Å²) in [6.45, 7) is 4.08. The Morgan fingerprint density at radius 2 is 1.82 bits per heavy atom. The van der Waals surface area contributed by atoms with E-state index in [-0.39, 0.29) is 17.8 Å². The van der Waals surface area contributed by atoms with Gasteiger partial charge in [-0.25, -0.2) is 0 Å². The molecule has 0 saturated carbocycles. The van der Waals surface area contributed by atoms with Crippen molar-refractivity contribution in [3.05, 3.63) is 105 Å². The van der Waals surface area contributed by atoms with Crippen LogP contribution in [0.1, 0.15) is 34.7 Å². The zero-order chi connectivity index (χ0) is 24.0. The molecule has 0 unspecified atom stereocenters. The highest BCUT2D eigenvalue weighted by Crippen LogP contribution is 2.44. The van der Waals surface area contributed by atoms with E-state index in [9.17, 15) is 5.11 Å². The Bertz CT molecular complexity index is 1370. The number of phenolic OH excluding ortho intramolecular Hbond substituents is 1. The normalized spacial score (nSPS) is 17.8. The highest BCUT2D eigenvalue weighted by molar-refractivity contribution is 9.10. The molecule has 34 heavy (non-hydrogen) atoms. The average molecular weight is 554 g/mol. The molecule has 5 nitrogen and oxygen atoms in total. The fourth-order valence-corrected chi connectivity index (χ4v) is 5.46. The number of phenols is 1. The largest absolute Gasteiger partial charge is 0.506 e. The molecule has 2 aromatic heterocycles. The van der Waals surface area contributed by atoms with E-state index >= 15 is 0 Å². The molecule has 2 N–H and O–H groups in total. The number of hydrogen-bond acceptors (Lipinski definition) is 3. The van der Waals surface area contributed by atoms with Crippen LogP contribution in [0.5, 0.6) is 5.75 Å². The molecule has 5 rings (SSSR count). The number of pyridine rings is 1. The summed E-state index contributed by atoms with van der Waals surface area (Å²) in [4.78, 5) is 6.78. The Morgan fingerprint density at radius 1 is 1.06 bits per heavy atom. The lowest BCUT2D eigenvalue weighted by atomic mass is 9.96. The lowest BCUT2D eigenvalue weighted by molar-refractivity contribution is 0.471. The van der Waals surface area contributed by atoms with Gasteiger partial charge in [0, 0.05) is 32.8 Å². The van der Waals surface area contributed by atoms with Gasteiger partial charge in [-0.2, -0.15) is 0 Å². The molecule has 3 heterocycles. The predicted molar refractivity (Wildman–Crippen MR) is 144 cm³/mol. The Morgan fingerprint density at radius 3 is 2.53 bits per heavy atom. The fourth-order valence-electron chi connectivity index (χ4n) is 4.68. The van der Waals surface area contributed by atoms with Crippen LogP contribution in [0, 0.1) is 13.8 Å². The minimum absolute atomic E-state index is 0.148. The molecule has 0 spiro atoms. The maximum Gasteiger partial charge on any atom is 0.174 e. The van der Waals surface area contributed by atoms with Crippen LogP contribution in [-0.4, -0.2) is 19.8 Å². The van der Waals surface area contributed by atoms with Gasteiger partial charge in [-0.15, -0.1) is 0 Å². The second kappa shape index (κ2) is 9.06. The number of anilines is 1. The number of nitrogens with zero attached hydrogens (tertiary/aromatic N) is 3. The fraction of sp³-hybridized carbons (Fsp3) is 0.154. The minimum atomic E-state index is -0.153. The number of thiocarbonyl (C=S) groups is 1. The number of nitrogens with one attached hydrogen (secondary N) is 1. The maximum atomic E-state index is 10.6. The van der Waals surface area contributed by atoms with Gasteiger partial charge >= 0.3 is 0 Å². The maximum absolute atomic E-state index is 10.6. The first kappa shape index (κ1) is 22.9. The molecule has 1 fully saturated rings. The van der Waals surface area contributed by atoms with Crippen molar-refractivity contribution in [3.63, 3.8) is 0 Å². The summed E-state index contributed by atoms with van der Waals surface area (Å²) in [5.41, 5.74) is 5.60. The standard InChI is InChI=1S/C26H22BrClN4OS/c1-15-13-20(16(2)31(15)22-14-18(28)8-11-23(22)33)25-24(21-5-3-4-12-29-21)30-26(34)32(25)19-9-6-17(27)7-10-19/h3-14,24-25,33H,1-2H3,(H,30,34)/t24-,25+/m1/s1. The van der Waals surface area contributed by atoms with Crippen LogP contribution in [0.2, 0.25) is 5.02 Å². The van der Waals surface area contributed by atoms with E-state index in [1.807, 2.05) is 54.0 Å². The molecule has 1 aliphatic heterocycles. The zero-order valence-corrected chi connectivity index (χ0v) is 21.7. The Labute approximate surface area is 217 Å². The van der Waals surface area contributed by atoms with Gasteiger partial charge in [0.05, 0.1) is 23.5 Å². The Hall–Kier alpha value is -2.87. The van der Waals surface area contributed by atoms with Crippen molar-refractivity contribution in [3.8, 4) is 11.4 Å². The van der Waals surface area contributed by atoms with Crippen LogP contribution < -0.4 is 10.2 Å². The lowest BCUT2D eigenvalue weighted by Gasteiger charge is -2.28.